The van der Waals surface area contributed by atoms with Crippen LogP contribution in [-0.2, 0) is 16.0 Å². The van der Waals surface area contributed by atoms with Crippen LogP contribution in [0.3, 0.4) is 0 Å². The minimum Gasteiger partial charge on any atom is -0.378 e. The number of benzene rings is 1. The summed E-state index contributed by atoms with van der Waals surface area (Å²) in [6, 6.07) is 8.34. The molecule has 0 aliphatic carbocycles. The van der Waals surface area contributed by atoms with Crippen LogP contribution in [0.15, 0.2) is 24.3 Å². The van der Waals surface area contributed by atoms with E-state index in [1.165, 1.54) is 38.0 Å². The molecule has 0 bridgehead atoms. The molecule has 3 saturated heterocycles. The maximum atomic E-state index is 12.8. The van der Waals surface area contributed by atoms with E-state index in [1.807, 2.05) is 14.1 Å². The van der Waals surface area contributed by atoms with Gasteiger partial charge in [0.15, 0.2) is 0 Å². The van der Waals surface area contributed by atoms with E-state index < -0.39 is 0 Å². The van der Waals surface area contributed by atoms with E-state index in [0.29, 0.717) is 17.9 Å². The van der Waals surface area contributed by atoms with Gasteiger partial charge in [-0.25, -0.2) is 0 Å². The highest BCUT2D eigenvalue weighted by Gasteiger charge is 2.43. The number of hydrogen-bond donors (Lipinski definition) is 0. The molecule has 3 aliphatic rings. The number of likely N-dealkylation sites (tertiary alicyclic amines) is 2. The molecule has 3 heterocycles. The Hall–Kier alpha value is -1.59. The van der Waals surface area contributed by atoms with Crippen LogP contribution in [0.5, 0.6) is 0 Å². The Morgan fingerprint density at radius 3 is 2.57 bits per heavy atom. The molecular formula is C25H39N3O2. The summed E-state index contributed by atoms with van der Waals surface area (Å²) in [5, 5.41) is 0. The lowest BCUT2D eigenvalue weighted by molar-refractivity contribution is -0.132. The number of piperidine rings is 2. The van der Waals surface area contributed by atoms with Crippen LogP contribution >= 0.6 is 0 Å². The normalized spacial score (nSPS) is 26.8. The Kier molecular flexibility index (Phi) is 6.69. The first-order chi connectivity index (χ1) is 14.4. The van der Waals surface area contributed by atoms with Crippen LogP contribution in [0.4, 0.5) is 5.69 Å². The summed E-state index contributed by atoms with van der Waals surface area (Å²) in [6.45, 7) is 8.57. The molecule has 1 spiro atoms. The van der Waals surface area contributed by atoms with Gasteiger partial charge in [0.25, 0.3) is 0 Å². The van der Waals surface area contributed by atoms with Crippen molar-refractivity contribution in [2.45, 2.75) is 51.6 Å². The van der Waals surface area contributed by atoms with Crippen LogP contribution < -0.4 is 4.90 Å². The number of rotatable bonds is 5. The molecule has 0 saturated carbocycles. The molecule has 1 aromatic carbocycles. The van der Waals surface area contributed by atoms with Gasteiger partial charge in [-0.15, -0.1) is 0 Å². The summed E-state index contributed by atoms with van der Waals surface area (Å²) in [4.78, 5) is 19.6. The number of nitrogens with zero attached hydrogens (tertiary/aromatic N) is 3. The first kappa shape index (κ1) is 21.6. The minimum absolute atomic E-state index is 0.264. The summed E-state index contributed by atoms with van der Waals surface area (Å²) >= 11 is 0. The number of amides is 1. The van der Waals surface area contributed by atoms with Crippen molar-refractivity contribution in [2.75, 3.05) is 58.3 Å². The number of hydrogen-bond acceptors (Lipinski definition) is 4. The van der Waals surface area contributed by atoms with Crippen LogP contribution in [-0.4, -0.2) is 75.2 Å². The maximum absolute atomic E-state index is 12.8. The first-order valence-electron chi connectivity index (χ1n) is 11.8. The molecule has 4 rings (SSSR count). The monoisotopic (exact) mass is 413 g/mol. The molecule has 5 nitrogen and oxygen atoms in total. The summed E-state index contributed by atoms with van der Waals surface area (Å²) < 4.78 is 6.26. The van der Waals surface area contributed by atoms with E-state index in [2.05, 4.69) is 45.9 Å². The van der Waals surface area contributed by atoms with E-state index in [-0.39, 0.29) is 5.91 Å². The molecule has 1 aromatic rings. The van der Waals surface area contributed by atoms with Gasteiger partial charge in [-0.1, -0.05) is 19.1 Å². The number of anilines is 1. The molecule has 5 heteroatoms. The minimum atomic E-state index is 0.264. The van der Waals surface area contributed by atoms with E-state index in [9.17, 15) is 4.79 Å². The Morgan fingerprint density at radius 1 is 1.17 bits per heavy atom. The molecule has 0 unspecified atom stereocenters. The molecule has 3 fully saturated rings. The third-order valence-corrected chi connectivity index (χ3v) is 7.47. The average Bonchev–Trinajstić information content (AvgIpc) is 3.10. The second-order valence-corrected chi connectivity index (χ2v) is 10.3. The highest BCUT2D eigenvalue weighted by molar-refractivity contribution is 5.79. The van der Waals surface area contributed by atoms with Crippen molar-refractivity contribution in [3.05, 3.63) is 29.8 Å². The third-order valence-electron chi connectivity index (χ3n) is 7.47. The molecule has 30 heavy (non-hydrogen) atoms. The van der Waals surface area contributed by atoms with E-state index in [0.717, 1.165) is 50.6 Å². The van der Waals surface area contributed by atoms with Crippen molar-refractivity contribution < 1.29 is 9.53 Å². The smallest absolute Gasteiger partial charge is 0.226 e. The van der Waals surface area contributed by atoms with Gasteiger partial charge in [0.2, 0.25) is 5.91 Å². The number of carbonyl (C=O) groups is 1. The van der Waals surface area contributed by atoms with Crippen LogP contribution in [0, 0.1) is 11.3 Å². The molecule has 0 N–H and O–H groups in total. The Morgan fingerprint density at radius 2 is 1.90 bits per heavy atom. The molecule has 166 valence electrons. The van der Waals surface area contributed by atoms with Gasteiger partial charge in [0.1, 0.15) is 0 Å². The highest BCUT2D eigenvalue weighted by Crippen LogP contribution is 2.42. The predicted octanol–water partition coefficient (Wildman–Crippen LogP) is 3.42. The zero-order valence-electron chi connectivity index (χ0n) is 19.1. The molecule has 2 atom stereocenters. The molecular weight excluding hydrogens is 374 g/mol. The Labute approximate surface area is 182 Å². The van der Waals surface area contributed by atoms with Crippen LogP contribution in [0.25, 0.3) is 0 Å². The van der Waals surface area contributed by atoms with E-state index >= 15 is 0 Å². The van der Waals surface area contributed by atoms with Crippen molar-refractivity contribution >= 4 is 11.6 Å². The van der Waals surface area contributed by atoms with Crippen molar-refractivity contribution in [2.24, 2.45) is 11.3 Å². The summed E-state index contributed by atoms with van der Waals surface area (Å²) in [5.41, 5.74) is 2.57. The fourth-order valence-electron chi connectivity index (χ4n) is 5.53. The van der Waals surface area contributed by atoms with Crippen molar-refractivity contribution in [3.8, 4) is 0 Å². The zero-order valence-corrected chi connectivity index (χ0v) is 19.1. The second-order valence-electron chi connectivity index (χ2n) is 10.3. The standard InChI is InChI=1S/C25H39N3O2/c1-20-5-4-12-27(17-20)18-23-16-25(19-30-23)10-13-28(14-11-25)24(29)15-21-6-8-22(9-7-21)26(2)3/h6-9,20,23H,4-5,10-19H2,1-3H3/t20-,23-/m1/s1. The van der Waals surface area contributed by atoms with Gasteiger partial charge < -0.3 is 19.4 Å². The second kappa shape index (κ2) is 9.27. The van der Waals surface area contributed by atoms with Crippen molar-refractivity contribution in [1.82, 2.24) is 9.80 Å². The van der Waals surface area contributed by atoms with Gasteiger partial charge in [-0.05, 0) is 67.7 Å². The van der Waals surface area contributed by atoms with Gasteiger partial charge in [0.05, 0.1) is 19.1 Å². The lowest BCUT2D eigenvalue weighted by Gasteiger charge is -2.39. The molecule has 3 aliphatic heterocycles. The molecule has 0 radical (unpaired) electrons. The van der Waals surface area contributed by atoms with Gasteiger partial charge in [-0.2, -0.15) is 0 Å². The Balaban J connectivity index is 1.24. The SMILES string of the molecule is C[C@@H]1CCCN(C[C@H]2CC3(CCN(C(=O)Cc4ccc(N(C)C)cc4)CC3)CO2)C1. The third kappa shape index (κ3) is 5.17. The van der Waals surface area contributed by atoms with Gasteiger partial charge >= 0.3 is 0 Å². The van der Waals surface area contributed by atoms with Gasteiger partial charge in [-0.3, -0.25) is 4.79 Å². The van der Waals surface area contributed by atoms with Gasteiger partial charge in [0, 0.05) is 46.0 Å². The largest absolute Gasteiger partial charge is 0.378 e. The van der Waals surface area contributed by atoms with Crippen molar-refractivity contribution in [3.63, 3.8) is 0 Å². The number of carbonyl (C=O) groups excluding carboxylic acids is 1. The summed E-state index contributed by atoms with van der Waals surface area (Å²) in [5.74, 6) is 1.09. The van der Waals surface area contributed by atoms with Crippen LogP contribution in [0.2, 0.25) is 0 Å². The topological polar surface area (TPSA) is 36.0 Å². The maximum Gasteiger partial charge on any atom is 0.226 e. The highest BCUT2D eigenvalue weighted by atomic mass is 16.5. The predicted molar refractivity (Wildman–Crippen MR) is 122 cm³/mol. The molecule has 1 amide bonds. The van der Waals surface area contributed by atoms with E-state index in [1.54, 1.807) is 0 Å². The number of ether oxygens (including phenoxy) is 1. The van der Waals surface area contributed by atoms with E-state index in [4.69, 9.17) is 4.74 Å². The van der Waals surface area contributed by atoms with Crippen molar-refractivity contribution in [1.29, 1.82) is 0 Å². The first-order valence-corrected chi connectivity index (χ1v) is 11.8. The summed E-state index contributed by atoms with van der Waals surface area (Å²) in [7, 11) is 4.07. The zero-order chi connectivity index (χ0) is 21.1. The Bertz CT molecular complexity index is 710. The summed E-state index contributed by atoms with van der Waals surface area (Å²) in [6.07, 6.45) is 6.94. The van der Waals surface area contributed by atoms with Crippen LogP contribution in [0.1, 0.15) is 44.6 Å². The fraction of sp³-hybridized carbons (Fsp3) is 0.720. The lowest BCUT2D eigenvalue weighted by atomic mass is 9.76. The average molecular weight is 414 g/mol. The molecule has 0 aromatic heterocycles. The fourth-order valence-corrected chi connectivity index (χ4v) is 5.53. The quantitative estimate of drug-likeness (QED) is 0.741. The lowest BCUT2D eigenvalue weighted by Crippen LogP contribution is -2.44.